The van der Waals surface area contributed by atoms with E-state index in [1.54, 1.807) is 10.9 Å². The van der Waals surface area contributed by atoms with Crippen LogP contribution in [0.25, 0.3) is 0 Å². The number of hydrogen-bond donors (Lipinski definition) is 1. The normalized spacial score (nSPS) is 10.4. The van der Waals surface area contributed by atoms with Gasteiger partial charge in [0.05, 0.1) is 6.20 Å². The van der Waals surface area contributed by atoms with Gasteiger partial charge in [-0.2, -0.15) is 9.49 Å². The molecule has 2 rings (SSSR count). The summed E-state index contributed by atoms with van der Waals surface area (Å²) < 4.78 is 14.6. The van der Waals surface area contributed by atoms with Gasteiger partial charge < -0.3 is 5.32 Å². The van der Waals surface area contributed by atoms with Crippen LogP contribution in [0.15, 0.2) is 18.6 Å². The minimum atomic E-state index is -0.541. The zero-order valence-electron chi connectivity index (χ0n) is 9.11. The lowest BCUT2D eigenvalue weighted by molar-refractivity contribution is 0.580. The Morgan fingerprint density at radius 1 is 1.44 bits per heavy atom. The van der Waals surface area contributed by atoms with Crippen molar-refractivity contribution in [3.05, 3.63) is 35.8 Å². The highest BCUT2D eigenvalue weighted by atomic mass is 19.1. The average molecular weight is 221 g/mol. The Hall–Kier alpha value is -1.98. The molecule has 5 nitrogen and oxygen atoms in total. The minimum absolute atomic E-state index is 0.468. The fraction of sp³-hybridized carbons (Fsp3) is 0.300. The molecule has 0 fully saturated rings. The molecule has 6 heteroatoms. The largest absolute Gasteiger partial charge is 0.366 e. The maximum atomic E-state index is 12.8. The fourth-order valence-electron chi connectivity index (χ4n) is 1.33. The van der Waals surface area contributed by atoms with Crippen LogP contribution in [0.3, 0.4) is 0 Å². The van der Waals surface area contributed by atoms with Gasteiger partial charge in [-0.05, 0) is 6.92 Å². The number of aromatic nitrogens is 4. The maximum absolute atomic E-state index is 12.8. The van der Waals surface area contributed by atoms with Crippen LogP contribution in [0.5, 0.6) is 0 Å². The second-order valence-electron chi connectivity index (χ2n) is 3.46. The molecule has 0 amide bonds. The van der Waals surface area contributed by atoms with Gasteiger partial charge in [0.25, 0.3) is 0 Å². The van der Waals surface area contributed by atoms with Gasteiger partial charge >= 0.3 is 0 Å². The molecule has 0 saturated heterocycles. The molecule has 0 bridgehead atoms. The van der Waals surface area contributed by atoms with E-state index in [2.05, 4.69) is 20.4 Å². The summed E-state index contributed by atoms with van der Waals surface area (Å²) in [6.07, 6.45) is 2.97. The zero-order valence-corrected chi connectivity index (χ0v) is 9.11. The topological polar surface area (TPSA) is 55.6 Å². The molecule has 0 spiro atoms. The molecular weight excluding hydrogens is 209 g/mol. The Labute approximate surface area is 92.3 Å². The van der Waals surface area contributed by atoms with Gasteiger partial charge in [-0.15, -0.1) is 0 Å². The molecule has 0 radical (unpaired) electrons. The van der Waals surface area contributed by atoms with Crippen molar-refractivity contribution in [1.82, 2.24) is 19.7 Å². The van der Waals surface area contributed by atoms with E-state index in [9.17, 15) is 4.39 Å². The predicted octanol–water partition coefficient (Wildman–Crippen LogP) is 1.27. The van der Waals surface area contributed by atoms with Crippen LogP contribution in [0, 0.1) is 12.9 Å². The van der Waals surface area contributed by atoms with E-state index in [4.69, 9.17) is 0 Å². The lowest BCUT2D eigenvalue weighted by Crippen LogP contribution is -2.03. The standard InChI is InChI=1S/C10H12FN5/c1-7-8(5-15-16(7)2)4-12-10-3-9(11)13-6-14-10/h3,5-6H,4H2,1-2H3,(H,12,13,14). The van der Waals surface area contributed by atoms with Crippen molar-refractivity contribution < 1.29 is 4.39 Å². The third-order valence-electron chi connectivity index (χ3n) is 2.43. The third kappa shape index (κ3) is 2.16. The second kappa shape index (κ2) is 4.26. The van der Waals surface area contributed by atoms with Crippen LogP contribution < -0.4 is 5.32 Å². The molecule has 0 aliphatic heterocycles. The summed E-state index contributed by atoms with van der Waals surface area (Å²) in [4.78, 5) is 7.28. The zero-order chi connectivity index (χ0) is 11.5. The van der Waals surface area contributed by atoms with Crippen LogP contribution in [0.2, 0.25) is 0 Å². The highest BCUT2D eigenvalue weighted by Gasteiger charge is 2.03. The first kappa shape index (κ1) is 10.5. The molecule has 0 unspecified atom stereocenters. The van der Waals surface area contributed by atoms with Crippen molar-refractivity contribution in [2.24, 2.45) is 7.05 Å². The number of aryl methyl sites for hydroxylation is 1. The summed E-state index contributed by atoms with van der Waals surface area (Å²) in [5.74, 6) is -0.0730. The van der Waals surface area contributed by atoms with E-state index in [1.165, 1.54) is 12.4 Å². The van der Waals surface area contributed by atoms with Crippen LogP contribution in [0.1, 0.15) is 11.3 Å². The van der Waals surface area contributed by atoms with Crippen molar-refractivity contribution in [2.75, 3.05) is 5.32 Å². The Balaban J connectivity index is 2.05. The number of anilines is 1. The third-order valence-corrected chi connectivity index (χ3v) is 2.43. The molecule has 0 atom stereocenters. The summed E-state index contributed by atoms with van der Waals surface area (Å²) in [5.41, 5.74) is 2.13. The number of hydrogen-bond acceptors (Lipinski definition) is 4. The Morgan fingerprint density at radius 3 is 2.88 bits per heavy atom. The van der Waals surface area contributed by atoms with Crippen molar-refractivity contribution in [3.8, 4) is 0 Å². The van der Waals surface area contributed by atoms with Gasteiger partial charge in [0.1, 0.15) is 12.1 Å². The van der Waals surface area contributed by atoms with Crippen molar-refractivity contribution in [1.29, 1.82) is 0 Å². The number of nitrogens with one attached hydrogen (secondary N) is 1. The first-order valence-corrected chi connectivity index (χ1v) is 4.85. The van der Waals surface area contributed by atoms with Crippen LogP contribution in [-0.2, 0) is 13.6 Å². The van der Waals surface area contributed by atoms with Gasteiger partial charge in [-0.1, -0.05) is 0 Å². The summed E-state index contributed by atoms with van der Waals surface area (Å²) in [5, 5.41) is 7.13. The Bertz CT molecular complexity index is 494. The molecule has 2 aromatic rings. The number of halogens is 1. The molecule has 0 aliphatic carbocycles. The molecule has 2 aromatic heterocycles. The number of nitrogens with zero attached hydrogens (tertiary/aromatic N) is 4. The molecule has 84 valence electrons. The van der Waals surface area contributed by atoms with Crippen LogP contribution in [0.4, 0.5) is 10.2 Å². The molecule has 2 heterocycles. The summed E-state index contributed by atoms with van der Waals surface area (Å²) in [7, 11) is 1.88. The van der Waals surface area contributed by atoms with E-state index in [1.807, 2.05) is 14.0 Å². The molecule has 1 N–H and O–H groups in total. The highest BCUT2D eigenvalue weighted by molar-refractivity contribution is 5.34. The van der Waals surface area contributed by atoms with Gasteiger partial charge in [0.15, 0.2) is 0 Å². The van der Waals surface area contributed by atoms with Gasteiger partial charge in [-0.3, -0.25) is 4.68 Å². The molecule has 0 aromatic carbocycles. The average Bonchev–Trinajstić information content (AvgIpc) is 2.57. The summed E-state index contributed by atoms with van der Waals surface area (Å²) in [6.45, 7) is 2.54. The van der Waals surface area contributed by atoms with Crippen LogP contribution in [-0.4, -0.2) is 19.7 Å². The van der Waals surface area contributed by atoms with Gasteiger partial charge in [-0.25, -0.2) is 9.97 Å². The van der Waals surface area contributed by atoms with Crippen molar-refractivity contribution >= 4 is 5.82 Å². The molecule has 0 saturated carbocycles. The van der Waals surface area contributed by atoms with E-state index >= 15 is 0 Å². The molecular formula is C10H12FN5. The highest BCUT2D eigenvalue weighted by Crippen LogP contribution is 2.09. The van der Waals surface area contributed by atoms with E-state index in [0.29, 0.717) is 12.4 Å². The Morgan fingerprint density at radius 2 is 2.25 bits per heavy atom. The molecule has 0 aliphatic rings. The second-order valence-corrected chi connectivity index (χ2v) is 3.46. The van der Waals surface area contributed by atoms with Crippen molar-refractivity contribution in [3.63, 3.8) is 0 Å². The van der Waals surface area contributed by atoms with E-state index in [0.717, 1.165) is 11.3 Å². The van der Waals surface area contributed by atoms with E-state index < -0.39 is 5.95 Å². The lowest BCUT2D eigenvalue weighted by atomic mass is 10.2. The fourth-order valence-corrected chi connectivity index (χ4v) is 1.33. The minimum Gasteiger partial charge on any atom is -0.366 e. The summed E-state index contributed by atoms with van der Waals surface area (Å²) in [6, 6.07) is 1.26. The SMILES string of the molecule is Cc1c(CNc2cc(F)ncn2)cnn1C. The quantitative estimate of drug-likeness (QED) is 0.793. The maximum Gasteiger partial charge on any atom is 0.217 e. The van der Waals surface area contributed by atoms with Crippen LogP contribution >= 0.6 is 0 Å². The van der Waals surface area contributed by atoms with Gasteiger partial charge in [0.2, 0.25) is 5.95 Å². The smallest absolute Gasteiger partial charge is 0.217 e. The first-order chi connectivity index (χ1) is 7.66. The monoisotopic (exact) mass is 221 g/mol. The lowest BCUT2D eigenvalue weighted by Gasteiger charge is -2.04. The first-order valence-electron chi connectivity index (χ1n) is 4.85. The predicted molar refractivity (Wildman–Crippen MR) is 57.3 cm³/mol. The Kier molecular flexibility index (Phi) is 2.80. The van der Waals surface area contributed by atoms with E-state index in [-0.39, 0.29) is 0 Å². The molecule has 16 heavy (non-hydrogen) atoms. The number of rotatable bonds is 3. The van der Waals surface area contributed by atoms with Crippen molar-refractivity contribution in [2.45, 2.75) is 13.5 Å². The van der Waals surface area contributed by atoms with Gasteiger partial charge in [0, 0.05) is 30.9 Å². The summed E-state index contributed by atoms with van der Waals surface area (Å²) >= 11 is 0.